The molecule has 0 bridgehead atoms. The standard InChI is InChI=1S/C24H19NO4/c1-14-5-8-16(9-6-14)21-20-22(26)18-12-15(2)7-10-19(18)29-23(20)24(27)25(21)13-17-4-3-11-28-17/h3-12,21H,13H2,1-2H3. The van der Waals surface area contributed by atoms with Crippen LogP contribution in [-0.2, 0) is 6.54 Å². The molecule has 0 saturated heterocycles. The summed E-state index contributed by atoms with van der Waals surface area (Å²) >= 11 is 0. The summed E-state index contributed by atoms with van der Waals surface area (Å²) in [4.78, 5) is 28.4. The summed E-state index contributed by atoms with van der Waals surface area (Å²) in [6.07, 6.45) is 1.57. The molecule has 3 heterocycles. The fraction of sp³-hybridized carbons (Fsp3) is 0.167. The van der Waals surface area contributed by atoms with E-state index in [-0.39, 0.29) is 23.6 Å². The molecule has 5 rings (SSSR count). The molecule has 2 aromatic carbocycles. The molecule has 29 heavy (non-hydrogen) atoms. The Labute approximate surface area is 167 Å². The van der Waals surface area contributed by atoms with Crippen molar-refractivity contribution in [1.29, 1.82) is 0 Å². The molecule has 1 amide bonds. The Morgan fingerprint density at radius 2 is 1.72 bits per heavy atom. The largest absolute Gasteiger partial charge is 0.467 e. The van der Waals surface area contributed by atoms with Crippen LogP contribution in [0.4, 0.5) is 0 Å². The molecule has 1 atom stereocenters. The van der Waals surface area contributed by atoms with Gasteiger partial charge in [0, 0.05) is 0 Å². The minimum atomic E-state index is -0.524. The van der Waals surface area contributed by atoms with E-state index in [2.05, 4.69) is 0 Å². The zero-order chi connectivity index (χ0) is 20.1. The number of benzene rings is 2. The highest BCUT2D eigenvalue weighted by atomic mass is 16.3. The van der Waals surface area contributed by atoms with Gasteiger partial charge in [-0.05, 0) is 43.7 Å². The molecule has 144 valence electrons. The van der Waals surface area contributed by atoms with E-state index >= 15 is 0 Å². The van der Waals surface area contributed by atoms with Crippen LogP contribution < -0.4 is 5.43 Å². The number of fused-ring (bicyclic) bond motifs is 2. The topological polar surface area (TPSA) is 63.7 Å². The number of aryl methyl sites for hydroxylation is 2. The number of nitrogens with zero attached hydrogens (tertiary/aromatic N) is 1. The highest BCUT2D eigenvalue weighted by Crippen LogP contribution is 2.39. The highest BCUT2D eigenvalue weighted by Gasteiger charge is 2.43. The molecular weight excluding hydrogens is 366 g/mol. The van der Waals surface area contributed by atoms with Crippen LogP contribution in [0.25, 0.3) is 11.0 Å². The van der Waals surface area contributed by atoms with Crippen LogP contribution in [0.5, 0.6) is 0 Å². The first-order valence-corrected chi connectivity index (χ1v) is 9.50. The summed E-state index contributed by atoms with van der Waals surface area (Å²) in [7, 11) is 0. The maximum Gasteiger partial charge on any atom is 0.291 e. The molecule has 1 unspecified atom stereocenters. The summed E-state index contributed by atoms with van der Waals surface area (Å²) in [6, 6.07) is 16.4. The molecule has 0 fully saturated rings. The zero-order valence-electron chi connectivity index (χ0n) is 16.1. The van der Waals surface area contributed by atoms with Crippen molar-refractivity contribution in [2.75, 3.05) is 0 Å². The lowest BCUT2D eigenvalue weighted by Gasteiger charge is -2.24. The van der Waals surface area contributed by atoms with E-state index in [9.17, 15) is 9.59 Å². The van der Waals surface area contributed by atoms with Gasteiger partial charge in [0.05, 0.1) is 29.8 Å². The van der Waals surface area contributed by atoms with E-state index in [4.69, 9.17) is 8.83 Å². The van der Waals surface area contributed by atoms with Gasteiger partial charge in [-0.3, -0.25) is 9.59 Å². The Morgan fingerprint density at radius 3 is 2.45 bits per heavy atom. The quantitative estimate of drug-likeness (QED) is 0.511. The molecule has 0 N–H and O–H groups in total. The minimum absolute atomic E-state index is 0.114. The Balaban J connectivity index is 1.75. The van der Waals surface area contributed by atoms with Crippen LogP contribution in [0.3, 0.4) is 0 Å². The van der Waals surface area contributed by atoms with Crippen molar-refractivity contribution in [1.82, 2.24) is 4.90 Å². The van der Waals surface area contributed by atoms with Crippen molar-refractivity contribution in [2.45, 2.75) is 26.4 Å². The second-order valence-electron chi connectivity index (χ2n) is 7.50. The smallest absolute Gasteiger partial charge is 0.291 e. The van der Waals surface area contributed by atoms with Crippen molar-refractivity contribution in [3.05, 3.63) is 105 Å². The molecule has 0 spiro atoms. The van der Waals surface area contributed by atoms with Crippen molar-refractivity contribution >= 4 is 16.9 Å². The van der Waals surface area contributed by atoms with Gasteiger partial charge < -0.3 is 13.7 Å². The molecule has 0 radical (unpaired) electrons. The Bertz CT molecular complexity index is 1280. The lowest BCUT2D eigenvalue weighted by molar-refractivity contribution is 0.0701. The normalized spacial score (nSPS) is 15.9. The van der Waals surface area contributed by atoms with Crippen LogP contribution in [0.1, 0.15) is 44.6 Å². The van der Waals surface area contributed by atoms with Crippen molar-refractivity contribution in [2.24, 2.45) is 0 Å². The van der Waals surface area contributed by atoms with Crippen LogP contribution in [0.15, 0.2) is 74.5 Å². The van der Waals surface area contributed by atoms with Gasteiger partial charge in [0.2, 0.25) is 5.76 Å². The Hall–Kier alpha value is -3.60. The van der Waals surface area contributed by atoms with Crippen molar-refractivity contribution in [3.63, 3.8) is 0 Å². The third-order valence-corrected chi connectivity index (χ3v) is 5.42. The summed E-state index contributed by atoms with van der Waals surface area (Å²) in [5, 5.41) is 0.494. The maximum atomic E-state index is 13.5. The molecule has 5 heteroatoms. The lowest BCUT2D eigenvalue weighted by Crippen LogP contribution is -2.29. The van der Waals surface area contributed by atoms with Crippen LogP contribution in [0, 0.1) is 13.8 Å². The summed E-state index contributed by atoms with van der Waals surface area (Å²) in [5.41, 5.74) is 3.60. The molecule has 4 aromatic rings. The predicted molar refractivity (Wildman–Crippen MR) is 109 cm³/mol. The predicted octanol–water partition coefficient (Wildman–Crippen LogP) is 4.75. The van der Waals surface area contributed by atoms with E-state index < -0.39 is 6.04 Å². The van der Waals surface area contributed by atoms with E-state index in [1.165, 1.54) is 0 Å². The average molecular weight is 385 g/mol. The third-order valence-electron chi connectivity index (χ3n) is 5.42. The first kappa shape index (κ1) is 17.5. The molecule has 2 aromatic heterocycles. The van der Waals surface area contributed by atoms with Crippen LogP contribution in [-0.4, -0.2) is 10.8 Å². The van der Waals surface area contributed by atoms with E-state index in [1.807, 2.05) is 56.3 Å². The molecule has 0 aliphatic carbocycles. The van der Waals surface area contributed by atoms with Gasteiger partial charge in [0.1, 0.15) is 11.3 Å². The summed E-state index contributed by atoms with van der Waals surface area (Å²) in [6.45, 7) is 4.18. The number of carbonyl (C=O) groups is 1. The number of hydrogen-bond donors (Lipinski definition) is 0. The SMILES string of the molecule is Cc1ccc(C2c3c(oc4ccc(C)cc4c3=O)C(=O)N2Cc2ccco2)cc1. The molecule has 1 aliphatic heterocycles. The minimum Gasteiger partial charge on any atom is -0.467 e. The van der Waals surface area contributed by atoms with E-state index in [1.54, 1.807) is 23.3 Å². The second kappa shape index (κ2) is 6.48. The van der Waals surface area contributed by atoms with E-state index in [0.29, 0.717) is 22.3 Å². The molecule has 5 nitrogen and oxygen atoms in total. The van der Waals surface area contributed by atoms with Gasteiger partial charge in [-0.2, -0.15) is 0 Å². The lowest BCUT2D eigenvalue weighted by atomic mass is 9.97. The Morgan fingerprint density at radius 1 is 0.966 bits per heavy atom. The second-order valence-corrected chi connectivity index (χ2v) is 7.50. The number of rotatable bonds is 3. The number of hydrogen-bond acceptors (Lipinski definition) is 4. The summed E-state index contributed by atoms with van der Waals surface area (Å²) < 4.78 is 11.4. The monoisotopic (exact) mass is 385 g/mol. The maximum absolute atomic E-state index is 13.5. The number of furan rings is 1. The Kier molecular flexibility index (Phi) is 3.91. The van der Waals surface area contributed by atoms with E-state index in [0.717, 1.165) is 16.7 Å². The van der Waals surface area contributed by atoms with Crippen LogP contribution in [0.2, 0.25) is 0 Å². The van der Waals surface area contributed by atoms with Gasteiger partial charge in [0.25, 0.3) is 5.91 Å². The summed E-state index contributed by atoms with van der Waals surface area (Å²) in [5.74, 6) is 0.459. The highest BCUT2D eigenvalue weighted by molar-refractivity contribution is 5.99. The zero-order valence-corrected chi connectivity index (χ0v) is 16.1. The fourth-order valence-electron chi connectivity index (χ4n) is 3.96. The van der Waals surface area contributed by atoms with Gasteiger partial charge in [-0.1, -0.05) is 41.5 Å². The first-order valence-electron chi connectivity index (χ1n) is 9.50. The van der Waals surface area contributed by atoms with Gasteiger partial charge >= 0.3 is 0 Å². The van der Waals surface area contributed by atoms with Crippen LogP contribution >= 0.6 is 0 Å². The van der Waals surface area contributed by atoms with Gasteiger partial charge in [0.15, 0.2) is 5.43 Å². The number of carbonyl (C=O) groups excluding carboxylic acids is 1. The first-order chi connectivity index (χ1) is 14.0. The van der Waals surface area contributed by atoms with Gasteiger partial charge in [-0.15, -0.1) is 0 Å². The van der Waals surface area contributed by atoms with Crippen molar-refractivity contribution < 1.29 is 13.6 Å². The molecule has 1 aliphatic rings. The third kappa shape index (κ3) is 2.78. The van der Waals surface area contributed by atoms with Gasteiger partial charge in [-0.25, -0.2) is 0 Å². The molecule has 0 saturated carbocycles. The number of amides is 1. The fourth-order valence-corrected chi connectivity index (χ4v) is 3.96. The van der Waals surface area contributed by atoms with Crippen molar-refractivity contribution in [3.8, 4) is 0 Å². The molecular formula is C24H19NO4. The average Bonchev–Trinajstić information content (AvgIpc) is 3.32.